The molecule has 0 spiro atoms. The van der Waals surface area contributed by atoms with Crippen molar-refractivity contribution >= 4 is 21.7 Å². The van der Waals surface area contributed by atoms with Crippen LogP contribution >= 0.6 is 15.9 Å². The van der Waals surface area contributed by atoms with Gasteiger partial charge in [-0.25, -0.2) is 4.98 Å². The molecule has 1 aromatic heterocycles. The van der Waals surface area contributed by atoms with Gasteiger partial charge in [-0.2, -0.15) is 0 Å². The molecule has 1 aliphatic carbocycles. The highest BCUT2D eigenvalue weighted by Crippen LogP contribution is 2.31. The molecule has 1 aromatic rings. The van der Waals surface area contributed by atoms with Crippen molar-refractivity contribution in [2.75, 3.05) is 11.9 Å². The number of rotatable bonds is 2. The minimum absolute atomic E-state index is 0.696. The van der Waals surface area contributed by atoms with Gasteiger partial charge in [-0.15, -0.1) is 0 Å². The second-order valence-electron chi connectivity index (χ2n) is 4.01. The van der Waals surface area contributed by atoms with Gasteiger partial charge in [0.05, 0.1) is 4.47 Å². The van der Waals surface area contributed by atoms with Crippen LogP contribution in [0.1, 0.15) is 24.8 Å². The average Bonchev–Trinajstić information content (AvgIpc) is 2.00. The van der Waals surface area contributed by atoms with Crippen LogP contribution in [0.15, 0.2) is 16.7 Å². The van der Waals surface area contributed by atoms with E-state index in [1.807, 2.05) is 6.20 Å². The van der Waals surface area contributed by atoms with Gasteiger partial charge in [-0.1, -0.05) is 0 Å². The van der Waals surface area contributed by atoms with Crippen LogP contribution in [0.3, 0.4) is 0 Å². The standard InChI is InChI=1S/C11H15BrN2/c1-8-6-10(12)11(13-7-8)14(2)9-4-3-5-9/h6-7,9H,3-5H2,1-2H3. The molecule has 2 rings (SSSR count). The highest BCUT2D eigenvalue weighted by atomic mass is 79.9. The molecule has 1 heterocycles. The zero-order chi connectivity index (χ0) is 10.1. The monoisotopic (exact) mass is 254 g/mol. The molecule has 14 heavy (non-hydrogen) atoms. The second kappa shape index (κ2) is 3.89. The minimum Gasteiger partial charge on any atom is -0.356 e. The molecule has 3 heteroatoms. The number of nitrogens with zero attached hydrogens (tertiary/aromatic N) is 2. The van der Waals surface area contributed by atoms with E-state index in [0.717, 1.165) is 10.3 Å². The Morgan fingerprint density at radius 3 is 2.71 bits per heavy atom. The topological polar surface area (TPSA) is 16.1 Å². The van der Waals surface area contributed by atoms with Crippen LogP contribution in [0.5, 0.6) is 0 Å². The minimum atomic E-state index is 0.696. The molecule has 1 aliphatic rings. The highest BCUT2D eigenvalue weighted by molar-refractivity contribution is 9.10. The molecule has 0 bridgehead atoms. The molecule has 1 fully saturated rings. The van der Waals surface area contributed by atoms with Gasteiger partial charge in [0, 0.05) is 19.3 Å². The van der Waals surface area contributed by atoms with E-state index in [1.165, 1.54) is 24.8 Å². The molecule has 0 atom stereocenters. The Labute approximate surface area is 93.5 Å². The largest absolute Gasteiger partial charge is 0.356 e. The van der Waals surface area contributed by atoms with Gasteiger partial charge in [0.1, 0.15) is 5.82 Å². The lowest BCUT2D eigenvalue weighted by atomic mass is 9.92. The predicted molar refractivity (Wildman–Crippen MR) is 62.7 cm³/mol. The molecule has 0 N–H and O–H groups in total. The summed E-state index contributed by atoms with van der Waals surface area (Å²) in [6.07, 6.45) is 5.89. The van der Waals surface area contributed by atoms with E-state index in [4.69, 9.17) is 0 Å². The van der Waals surface area contributed by atoms with Crippen LogP contribution < -0.4 is 4.90 Å². The Balaban J connectivity index is 2.22. The number of halogens is 1. The highest BCUT2D eigenvalue weighted by Gasteiger charge is 2.24. The maximum absolute atomic E-state index is 4.46. The van der Waals surface area contributed by atoms with Crippen molar-refractivity contribution in [2.24, 2.45) is 0 Å². The van der Waals surface area contributed by atoms with Crippen LogP contribution in [0, 0.1) is 6.92 Å². The van der Waals surface area contributed by atoms with Gasteiger partial charge in [-0.3, -0.25) is 0 Å². The third-order valence-electron chi connectivity index (χ3n) is 2.91. The first-order valence-electron chi connectivity index (χ1n) is 5.03. The molecule has 2 nitrogen and oxygen atoms in total. The first-order chi connectivity index (χ1) is 6.68. The van der Waals surface area contributed by atoms with Crippen LogP contribution in [-0.4, -0.2) is 18.1 Å². The fourth-order valence-electron chi connectivity index (χ4n) is 1.73. The molecule has 76 valence electrons. The summed E-state index contributed by atoms with van der Waals surface area (Å²) in [6, 6.07) is 2.82. The van der Waals surface area contributed by atoms with Crippen LogP contribution in [0.25, 0.3) is 0 Å². The van der Waals surface area contributed by atoms with Crippen molar-refractivity contribution < 1.29 is 0 Å². The van der Waals surface area contributed by atoms with E-state index < -0.39 is 0 Å². The van der Waals surface area contributed by atoms with Gasteiger partial charge < -0.3 is 4.90 Å². The van der Waals surface area contributed by atoms with Gasteiger partial charge >= 0.3 is 0 Å². The third kappa shape index (κ3) is 1.78. The maximum Gasteiger partial charge on any atom is 0.142 e. The van der Waals surface area contributed by atoms with Gasteiger partial charge in [0.25, 0.3) is 0 Å². The van der Waals surface area contributed by atoms with E-state index in [-0.39, 0.29) is 0 Å². The maximum atomic E-state index is 4.46. The average molecular weight is 255 g/mol. The van der Waals surface area contributed by atoms with Crippen molar-refractivity contribution in [3.63, 3.8) is 0 Å². The lowest BCUT2D eigenvalue weighted by molar-refractivity contribution is 0.399. The number of hydrogen-bond donors (Lipinski definition) is 0. The van der Waals surface area contributed by atoms with Gasteiger partial charge in [0.2, 0.25) is 0 Å². The van der Waals surface area contributed by atoms with Gasteiger partial charge in [-0.05, 0) is 53.7 Å². The molecular formula is C11H15BrN2. The molecule has 1 saturated carbocycles. The molecule has 0 radical (unpaired) electrons. The normalized spacial score (nSPS) is 16.5. The Morgan fingerprint density at radius 2 is 2.21 bits per heavy atom. The summed E-state index contributed by atoms with van der Waals surface area (Å²) in [5, 5.41) is 0. The molecule has 0 aliphatic heterocycles. The summed E-state index contributed by atoms with van der Waals surface area (Å²) < 4.78 is 1.10. The predicted octanol–water partition coefficient (Wildman–Crippen LogP) is 3.14. The Hall–Kier alpha value is -0.570. The number of pyridine rings is 1. The van der Waals surface area contributed by atoms with Crippen molar-refractivity contribution in [3.8, 4) is 0 Å². The quantitative estimate of drug-likeness (QED) is 0.807. The van der Waals surface area contributed by atoms with Crippen molar-refractivity contribution in [2.45, 2.75) is 32.2 Å². The smallest absolute Gasteiger partial charge is 0.142 e. The summed E-state index contributed by atoms with van der Waals surface area (Å²) in [5.41, 5.74) is 1.20. The zero-order valence-electron chi connectivity index (χ0n) is 8.63. The lowest BCUT2D eigenvalue weighted by Crippen LogP contribution is -2.37. The SMILES string of the molecule is Cc1cnc(N(C)C2CCC2)c(Br)c1. The van der Waals surface area contributed by atoms with Crippen LogP contribution in [-0.2, 0) is 0 Å². The number of hydrogen-bond acceptors (Lipinski definition) is 2. The van der Waals surface area contributed by atoms with Crippen LogP contribution in [0.4, 0.5) is 5.82 Å². The van der Waals surface area contributed by atoms with E-state index in [1.54, 1.807) is 0 Å². The van der Waals surface area contributed by atoms with E-state index in [0.29, 0.717) is 6.04 Å². The summed E-state index contributed by atoms with van der Waals surface area (Å²) >= 11 is 3.57. The molecular weight excluding hydrogens is 240 g/mol. The summed E-state index contributed by atoms with van der Waals surface area (Å²) in [6.45, 7) is 2.06. The second-order valence-corrected chi connectivity index (χ2v) is 4.87. The van der Waals surface area contributed by atoms with Gasteiger partial charge in [0.15, 0.2) is 0 Å². The Bertz CT molecular complexity index is 334. The summed E-state index contributed by atoms with van der Waals surface area (Å²) in [4.78, 5) is 6.74. The number of anilines is 1. The van der Waals surface area contributed by atoms with Crippen molar-refractivity contribution in [1.82, 2.24) is 4.98 Å². The fourth-order valence-corrected chi connectivity index (χ4v) is 2.48. The van der Waals surface area contributed by atoms with Crippen molar-refractivity contribution in [3.05, 3.63) is 22.3 Å². The van der Waals surface area contributed by atoms with Crippen LogP contribution in [0.2, 0.25) is 0 Å². The summed E-state index contributed by atoms with van der Waals surface area (Å²) in [7, 11) is 2.13. The van der Waals surface area contributed by atoms with E-state index >= 15 is 0 Å². The molecule has 0 saturated heterocycles. The molecule has 0 unspecified atom stereocenters. The van der Waals surface area contributed by atoms with E-state index in [2.05, 4.69) is 45.9 Å². The molecule has 0 amide bonds. The zero-order valence-corrected chi connectivity index (χ0v) is 10.2. The fraction of sp³-hybridized carbons (Fsp3) is 0.545. The first-order valence-corrected chi connectivity index (χ1v) is 5.83. The first kappa shape index (κ1) is 9.97. The molecule has 0 aromatic carbocycles. The lowest BCUT2D eigenvalue weighted by Gasteiger charge is -2.36. The Morgan fingerprint density at radius 1 is 1.50 bits per heavy atom. The van der Waals surface area contributed by atoms with Crippen molar-refractivity contribution in [1.29, 1.82) is 0 Å². The number of aromatic nitrogens is 1. The Kier molecular flexibility index (Phi) is 2.77. The number of aryl methyl sites for hydroxylation is 1. The summed E-state index contributed by atoms with van der Waals surface area (Å²) in [5.74, 6) is 1.07. The van der Waals surface area contributed by atoms with E-state index in [9.17, 15) is 0 Å². The third-order valence-corrected chi connectivity index (χ3v) is 3.50.